The van der Waals surface area contributed by atoms with Gasteiger partial charge >= 0.3 is 0 Å². The van der Waals surface area contributed by atoms with Crippen molar-refractivity contribution in [3.63, 3.8) is 0 Å². The Morgan fingerprint density at radius 3 is 3.04 bits per heavy atom. The standard InChI is InChI=1S/C17H19BrN4O2/c1-24-17-11(6-12(18)7-19-17)8-22-5-4-13-14(9-22)20-15(10-2-3-10)21-16(13)23/h6-7,10H,2-5,8-9H2,1H3,(H,20,21,23). The largest absolute Gasteiger partial charge is 0.481 e. The Hall–Kier alpha value is -1.73. The van der Waals surface area contributed by atoms with E-state index in [4.69, 9.17) is 9.72 Å². The maximum absolute atomic E-state index is 12.3. The summed E-state index contributed by atoms with van der Waals surface area (Å²) in [5.74, 6) is 1.96. The minimum Gasteiger partial charge on any atom is -0.481 e. The van der Waals surface area contributed by atoms with Crippen molar-refractivity contribution in [2.24, 2.45) is 0 Å². The molecule has 6 nitrogen and oxygen atoms in total. The normalized spacial score (nSPS) is 17.6. The van der Waals surface area contributed by atoms with Crippen molar-refractivity contribution in [1.82, 2.24) is 19.9 Å². The molecular weight excluding hydrogens is 372 g/mol. The van der Waals surface area contributed by atoms with Crippen LogP contribution < -0.4 is 10.3 Å². The predicted octanol–water partition coefficient (Wildman–Crippen LogP) is 2.37. The zero-order valence-corrected chi connectivity index (χ0v) is 15.1. The van der Waals surface area contributed by atoms with E-state index in [-0.39, 0.29) is 5.56 Å². The van der Waals surface area contributed by atoms with Gasteiger partial charge in [0.15, 0.2) is 0 Å². The first-order valence-electron chi connectivity index (χ1n) is 8.17. The molecule has 0 saturated heterocycles. The minimum atomic E-state index is 0.0447. The molecule has 0 unspecified atom stereocenters. The van der Waals surface area contributed by atoms with Gasteiger partial charge in [0, 0.05) is 47.3 Å². The molecule has 1 saturated carbocycles. The van der Waals surface area contributed by atoms with Gasteiger partial charge in [0.1, 0.15) is 5.82 Å². The van der Waals surface area contributed by atoms with E-state index < -0.39 is 0 Å². The lowest BCUT2D eigenvalue weighted by atomic mass is 10.1. The number of hydrogen-bond donors (Lipinski definition) is 1. The summed E-state index contributed by atoms with van der Waals surface area (Å²) in [6.07, 6.45) is 4.72. The summed E-state index contributed by atoms with van der Waals surface area (Å²) in [5.41, 5.74) is 2.84. The van der Waals surface area contributed by atoms with Gasteiger partial charge in [-0.1, -0.05) is 0 Å². The van der Waals surface area contributed by atoms with Gasteiger partial charge in [-0.3, -0.25) is 9.69 Å². The van der Waals surface area contributed by atoms with Gasteiger partial charge < -0.3 is 9.72 Å². The number of nitrogens with one attached hydrogen (secondary N) is 1. The molecular formula is C17H19BrN4O2. The molecule has 0 bridgehead atoms. The molecule has 126 valence electrons. The first-order chi connectivity index (χ1) is 11.6. The van der Waals surface area contributed by atoms with E-state index in [2.05, 4.69) is 30.8 Å². The maximum atomic E-state index is 12.3. The summed E-state index contributed by atoms with van der Waals surface area (Å²) in [6.45, 7) is 2.24. The van der Waals surface area contributed by atoms with Crippen molar-refractivity contribution >= 4 is 15.9 Å². The van der Waals surface area contributed by atoms with Gasteiger partial charge in [0.25, 0.3) is 5.56 Å². The van der Waals surface area contributed by atoms with Crippen LogP contribution in [0.4, 0.5) is 0 Å². The first-order valence-corrected chi connectivity index (χ1v) is 8.96. The Balaban J connectivity index is 1.58. The van der Waals surface area contributed by atoms with Crippen LogP contribution in [0.3, 0.4) is 0 Å². The fourth-order valence-corrected chi connectivity index (χ4v) is 3.58. The number of fused-ring (bicyclic) bond motifs is 1. The number of aromatic amines is 1. The van der Waals surface area contributed by atoms with Gasteiger partial charge in [0.05, 0.1) is 12.8 Å². The van der Waals surface area contributed by atoms with Crippen molar-refractivity contribution < 1.29 is 4.74 Å². The number of pyridine rings is 1. The summed E-state index contributed by atoms with van der Waals surface area (Å²) < 4.78 is 6.29. The van der Waals surface area contributed by atoms with E-state index in [9.17, 15) is 4.79 Å². The number of hydrogen-bond acceptors (Lipinski definition) is 5. The number of H-pyrrole nitrogens is 1. The number of nitrogens with zero attached hydrogens (tertiary/aromatic N) is 3. The summed E-state index contributed by atoms with van der Waals surface area (Å²) in [7, 11) is 1.63. The highest BCUT2D eigenvalue weighted by atomic mass is 79.9. The van der Waals surface area contributed by atoms with Gasteiger partial charge in [-0.15, -0.1) is 0 Å². The Labute approximate surface area is 148 Å². The Morgan fingerprint density at radius 2 is 2.29 bits per heavy atom. The molecule has 1 aliphatic carbocycles. The Kier molecular flexibility index (Phi) is 4.14. The molecule has 7 heteroatoms. The smallest absolute Gasteiger partial charge is 0.254 e. The lowest BCUT2D eigenvalue weighted by Gasteiger charge is -2.28. The molecule has 0 amide bonds. The lowest BCUT2D eigenvalue weighted by molar-refractivity contribution is 0.235. The van der Waals surface area contributed by atoms with Crippen LogP contribution in [-0.2, 0) is 19.5 Å². The van der Waals surface area contributed by atoms with E-state index >= 15 is 0 Å². The molecule has 2 aliphatic rings. The van der Waals surface area contributed by atoms with Crippen molar-refractivity contribution in [2.45, 2.75) is 38.3 Å². The molecule has 4 rings (SSSR count). The average Bonchev–Trinajstić information content (AvgIpc) is 3.39. The fraction of sp³-hybridized carbons (Fsp3) is 0.471. The molecule has 2 aromatic rings. The predicted molar refractivity (Wildman–Crippen MR) is 93.1 cm³/mol. The van der Waals surface area contributed by atoms with Crippen molar-refractivity contribution in [3.05, 3.63) is 49.7 Å². The van der Waals surface area contributed by atoms with Crippen molar-refractivity contribution in [2.75, 3.05) is 13.7 Å². The van der Waals surface area contributed by atoms with E-state index in [0.29, 0.717) is 18.3 Å². The third-order valence-electron chi connectivity index (χ3n) is 4.61. The molecule has 24 heavy (non-hydrogen) atoms. The molecule has 2 aromatic heterocycles. The summed E-state index contributed by atoms with van der Waals surface area (Å²) in [6, 6.07) is 2.03. The van der Waals surface area contributed by atoms with Crippen LogP contribution in [0.1, 0.15) is 41.4 Å². The van der Waals surface area contributed by atoms with Crippen LogP contribution in [0.15, 0.2) is 21.5 Å². The van der Waals surface area contributed by atoms with Gasteiger partial charge in [0.2, 0.25) is 5.88 Å². The maximum Gasteiger partial charge on any atom is 0.254 e. The quantitative estimate of drug-likeness (QED) is 0.867. The zero-order chi connectivity index (χ0) is 16.7. The molecule has 3 heterocycles. The topological polar surface area (TPSA) is 71.1 Å². The lowest BCUT2D eigenvalue weighted by Crippen LogP contribution is -2.35. The van der Waals surface area contributed by atoms with Crippen LogP contribution in [-0.4, -0.2) is 33.5 Å². The first kappa shape index (κ1) is 15.8. The third-order valence-corrected chi connectivity index (χ3v) is 5.05. The zero-order valence-electron chi connectivity index (χ0n) is 13.5. The number of rotatable bonds is 4. The summed E-state index contributed by atoms with van der Waals surface area (Å²) >= 11 is 3.46. The van der Waals surface area contributed by atoms with Crippen LogP contribution >= 0.6 is 15.9 Å². The van der Waals surface area contributed by atoms with Crippen LogP contribution in [0.5, 0.6) is 5.88 Å². The van der Waals surface area contributed by atoms with E-state index in [0.717, 1.165) is 59.5 Å². The Morgan fingerprint density at radius 1 is 1.46 bits per heavy atom. The number of halogens is 1. The van der Waals surface area contributed by atoms with E-state index in [1.807, 2.05) is 6.07 Å². The molecule has 1 aliphatic heterocycles. The summed E-state index contributed by atoms with van der Waals surface area (Å²) in [4.78, 5) is 26.6. The molecule has 0 spiro atoms. The highest BCUT2D eigenvalue weighted by Crippen LogP contribution is 2.38. The number of methoxy groups -OCH3 is 1. The fourth-order valence-electron chi connectivity index (χ4n) is 3.20. The average molecular weight is 391 g/mol. The molecule has 1 N–H and O–H groups in total. The van der Waals surface area contributed by atoms with Crippen molar-refractivity contribution in [1.29, 1.82) is 0 Å². The van der Waals surface area contributed by atoms with E-state index in [1.54, 1.807) is 13.3 Å². The SMILES string of the molecule is COc1ncc(Br)cc1CN1CCc2c(nc(C3CC3)[nH]c2=O)C1. The highest BCUT2D eigenvalue weighted by molar-refractivity contribution is 9.10. The van der Waals surface area contributed by atoms with Crippen LogP contribution in [0.25, 0.3) is 0 Å². The highest BCUT2D eigenvalue weighted by Gasteiger charge is 2.29. The second kappa shape index (κ2) is 6.29. The Bertz CT molecular complexity index is 832. The number of ether oxygens (including phenoxy) is 1. The molecule has 1 fully saturated rings. The molecule has 0 aromatic carbocycles. The minimum absolute atomic E-state index is 0.0447. The van der Waals surface area contributed by atoms with Gasteiger partial charge in [-0.05, 0) is 41.3 Å². The monoisotopic (exact) mass is 390 g/mol. The second-order valence-corrected chi connectivity index (χ2v) is 7.35. The van der Waals surface area contributed by atoms with Crippen molar-refractivity contribution in [3.8, 4) is 5.88 Å². The number of aromatic nitrogens is 3. The second-order valence-electron chi connectivity index (χ2n) is 6.43. The molecule has 0 radical (unpaired) electrons. The van der Waals surface area contributed by atoms with Crippen LogP contribution in [0, 0.1) is 0 Å². The van der Waals surface area contributed by atoms with Gasteiger partial charge in [-0.25, -0.2) is 9.97 Å². The summed E-state index contributed by atoms with van der Waals surface area (Å²) in [5, 5.41) is 0. The van der Waals surface area contributed by atoms with Gasteiger partial charge in [-0.2, -0.15) is 0 Å². The molecule has 0 atom stereocenters. The van der Waals surface area contributed by atoms with Crippen LogP contribution in [0.2, 0.25) is 0 Å². The van der Waals surface area contributed by atoms with E-state index in [1.165, 1.54) is 0 Å². The third kappa shape index (κ3) is 3.10.